The van der Waals surface area contributed by atoms with Gasteiger partial charge in [-0.05, 0) is 7.05 Å². The SMILES string of the molecule is CN(CCN(Cc1nccn1C)Cc1nccn1C)Cc1ncc[nH]1. The Morgan fingerprint density at radius 1 is 0.880 bits per heavy atom. The smallest absolute Gasteiger partial charge is 0.122 e. The van der Waals surface area contributed by atoms with E-state index in [2.05, 4.69) is 45.9 Å². The van der Waals surface area contributed by atoms with E-state index < -0.39 is 0 Å². The molecule has 0 saturated carbocycles. The van der Waals surface area contributed by atoms with Crippen molar-refractivity contribution in [1.82, 2.24) is 38.9 Å². The largest absolute Gasteiger partial charge is 0.348 e. The predicted octanol–water partition coefficient (Wildman–Crippen LogP) is 1.01. The second kappa shape index (κ2) is 8.09. The first-order chi connectivity index (χ1) is 12.1. The number of nitrogens with one attached hydrogen (secondary N) is 1. The summed E-state index contributed by atoms with van der Waals surface area (Å²) < 4.78 is 4.13. The lowest BCUT2D eigenvalue weighted by Gasteiger charge is -2.24. The molecule has 1 N–H and O–H groups in total. The average Bonchev–Trinajstić information content (AvgIpc) is 3.31. The Morgan fingerprint density at radius 3 is 2.00 bits per heavy atom. The Balaban J connectivity index is 1.61. The third-order valence-corrected chi connectivity index (χ3v) is 4.34. The van der Waals surface area contributed by atoms with Crippen LogP contribution in [0.1, 0.15) is 17.5 Å². The van der Waals surface area contributed by atoms with Gasteiger partial charge in [-0.1, -0.05) is 0 Å². The minimum Gasteiger partial charge on any atom is -0.348 e. The summed E-state index contributed by atoms with van der Waals surface area (Å²) in [6.07, 6.45) is 11.3. The molecular weight excluding hydrogens is 316 g/mol. The zero-order valence-corrected chi connectivity index (χ0v) is 15.1. The maximum atomic E-state index is 4.46. The lowest BCUT2D eigenvalue weighted by molar-refractivity contribution is 0.197. The van der Waals surface area contributed by atoms with E-state index in [1.54, 1.807) is 6.20 Å². The zero-order chi connectivity index (χ0) is 17.6. The number of rotatable bonds is 9. The van der Waals surface area contributed by atoms with Crippen LogP contribution in [-0.4, -0.2) is 59.0 Å². The molecule has 0 saturated heterocycles. The van der Waals surface area contributed by atoms with Gasteiger partial charge in [-0.15, -0.1) is 0 Å². The standard InChI is InChI=1S/C17H26N8/c1-22(12-15-18-4-5-19-15)10-11-25(13-16-20-6-8-23(16)2)14-17-21-7-9-24(17)3/h4-9H,10-14H2,1-3H3,(H,18,19). The zero-order valence-electron chi connectivity index (χ0n) is 15.1. The molecule has 134 valence electrons. The molecule has 0 bridgehead atoms. The minimum absolute atomic E-state index is 0.797. The van der Waals surface area contributed by atoms with E-state index in [0.717, 1.165) is 50.2 Å². The maximum Gasteiger partial charge on any atom is 0.122 e. The quantitative estimate of drug-likeness (QED) is 0.628. The van der Waals surface area contributed by atoms with Gasteiger partial charge >= 0.3 is 0 Å². The van der Waals surface area contributed by atoms with Crippen LogP contribution in [0.2, 0.25) is 0 Å². The highest BCUT2D eigenvalue weighted by Gasteiger charge is 2.13. The topological polar surface area (TPSA) is 70.8 Å². The second-order valence-corrected chi connectivity index (χ2v) is 6.39. The molecule has 3 aromatic rings. The van der Waals surface area contributed by atoms with Crippen LogP contribution >= 0.6 is 0 Å². The Hall–Kier alpha value is -2.45. The van der Waals surface area contributed by atoms with Crippen LogP contribution in [-0.2, 0) is 33.7 Å². The molecule has 0 radical (unpaired) electrons. The van der Waals surface area contributed by atoms with Gasteiger partial charge in [-0.2, -0.15) is 0 Å². The molecule has 3 rings (SSSR count). The number of H-pyrrole nitrogens is 1. The molecule has 0 aliphatic heterocycles. The molecule has 0 aliphatic carbocycles. The predicted molar refractivity (Wildman–Crippen MR) is 95.5 cm³/mol. The molecule has 0 unspecified atom stereocenters. The van der Waals surface area contributed by atoms with Gasteiger partial charge in [0.05, 0.1) is 19.6 Å². The minimum atomic E-state index is 0.797. The summed E-state index contributed by atoms with van der Waals surface area (Å²) in [6, 6.07) is 0. The van der Waals surface area contributed by atoms with Crippen molar-refractivity contribution in [2.24, 2.45) is 14.1 Å². The molecule has 3 aromatic heterocycles. The summed E-state index contributed by atoms with van der Waals surface area (Å²) in [4.78, 5) is 21.0. The summed E-state index contributed by atoms with van der Waals surface area (Å²) in [5.74, 6) is 3.10. The third-order valence-electron chi connectivity index (χ3n) is 4.34. The van der Waals surface area contributed by atoms with Gasteiger partial charge in [-0.3, -0.25) is 9.80 Å². The summed E-state index contributed by atoms with van der Waals surface area (Å²) in [5, 5.41) is 0. The van der Waals surface area contributed by atoms with Gasteiger partial charge in [0.25, 0.3) is 0 Å². The van der Waals surface area contributed by atoms with Crippen molar-refractivity contribution in [2.75, 3.05) is 20.1 Å². The lowest BCUT2D eigenvalue weighted by Crippen LogP contribution is -2.34. The Bertz CT molecular complexity index is 715. The summed E-state index contributed by atoms with van der Waals surface area (Å²) >= 11 is 0. The van der Waals surface area contributed by atoms with Crippen molar-refractivity contribution in [3.63, 3.8) is 0 Å². The average molecular weight is 342 g/mol. The molecule has 8 heteroatoms. The van der Waals surface area contributed by atoms with Crippen LogP contribution in [0.25, 0.3) is 0 Å². The first-order valence-corrected chi connectivity index (χ1v) is 8.43. The summed E-state index contributed by atoms with van der Waals surface area (Å²) in [7, 11) is 6.18. The molecule has 0 aromatic carbocycles. The monoisotopic (exact) mass is 342 g/mol. The lowest BCUT2D eigenvalue weighted by atomic mass is 10.4. The van der Waals surface area contributed by atoms with Crippen LogP contribution in [0, 0.1) is 0 Å². The molecule has 0 fully saturated rings. The number of aromatic nitrogens is 6. The second-order valence-electron chi connectivity index (χ2n) is 6.39. The number of imidazole rings is 3. The van der Waals surface area contributed by atoms with Gasteiger partial charge in [-0.25, -0.2) is 15.0 Å². The molecule has 0 aliphatic rings. The van der Waals surface area contributed by atoms with Crippen molar-refractivity contribution < 1.29 is 0 Å². The summed E-state index contributed by atoms with van der Waals surface area (Å²) in [6.45, 7) is 4.27. The molecule has 8 nitrogen and oxygen atoms in total. The molecule has 0 amide bonds. The van der Waals surface area contributed by atoms with E-state index >= 15 is 0 Å². The maximum absolute atomic E-state index is 4.46. The fourth-order valence-electron chi connectivity index (χ4n) is 2.74. The number of hydrogen-bond acceptors (Lipinski definition) is 5. The van der Waals surface area contributed by atoms with E-state index in [1.165, 1.54) is 0 Å². The molecule has 0 spiro atoms. The van der Waals surface area contributed by atoms with Crippen molar-refractivity contribution in [3.8, 4) is 0 Å². The first-order valence-electron chi connectivity index (χ1n) is 8.43. The van der Waals surface area contributed by atoms with Crippen molar-refractivity contribution in [1.29, 1.82) is 0 Å². The third kappa shape index (κ3) is 4.77. The van der Waals surface area contributed by atoms with Gasteiger partial charge in [0.15, 0.2) is 0 Å². The Kier molecular flexibility index (Phi) is 5.62. The van der Waals surface area contributed by atoms with Gasteiger partial charge < -0.3 is 14.1 Å². The highest BCUT2D eigenvalue weighted by Crippen LogP contribution is 2.08. The van der Waals surface area contributed by atoms with E-state index in [0.29, 0.717) is 0 Å². The van der Waals surface area contributed by atoms with Crippen LogP contribution in [0.15, 0.2) is 37.2 Å². The van der Waals surface area contributed by atoms with E-state index in [1.807, 2.05) is 45.1 Å². The Morgan fingerprint density at radius 2 is 1.52 bits per heavy atom. The van der Waals surface area contributed by atoms with E-state index in [9.17, 15) is 0 Å². The number of nitrogens with zero attached hydrogens (tertiary/aromatic N) is 7. The highest BCUT2D eigenvalue weighted by molar-refractivity contribution is 4.95. The number of aromatic amines is 1. The summed E-state index contributed by atoms with van der Waals surface area (Å²) in [5.41, 5.74) is 0. The van der Waals surface area contributed by atoms with Crippen LogP contribution in [0.5, 0.6) is 0 Å². The van der Waals surface area contributed by atoms with Gasteiger partial charge in [0.1, 0.15) is 17.5 Å². The van der Waals surface area contributed by atoms with Crippen LogP contribution in [0.4, 0.5) is 0 Å². The van der Waals surface area contributed by atoms with Crippen molar-refractivity contribution in [3.05, 3.63) is 54.7 Å². The fraction of sp³-hybridized carbons (Fsp3) is 0.471. The van der Waals surface area contributed by atoms with Gasteiger partial charge in [0.2, 0.25) is 0 Å². The van der Waals surface area contributed by atoms with E-state index in [-0.39, 0.29) is 0 Å². The Labute approximate surface area is 148 Å². The van der Waals surface area contributed by atoms with Crippen LogP contribution < -0.4 is 0 Å². The highest BCUT2D eigenvalue weighted by atomic mass is 15.2. The van der Waals surface area contributed by atoms with Crippen molar-refractivity contribution in [2.45, 2.75) is 19.6 Å². The van der Waals surface area contributed by atoms with E-state index in [4.69, 9.17) is 0 Å². The normalized spacial score (nSPS) is 11.7. The molecule has 0 atom stereocenters. The molecule has 25 heavy (non-hydrogen) atoms. The number of hydrogen-bond donors (Lipinski definition) is 1. The number of likely N-dealkylation sites (N-methyl/N-ethyl adjacent to an activating group) is 1. The van der Waals surface area contributed by atoms with Gasteiger partial charge in [0, 0.05) is 64.4 Å². The number of aryl methyl sites for hydroxylation is 2. The van der Waals surface area contributed by atoms with Crippen LogP contribution in [0.3, 0.4) is 0 Å². The first kappa shape index (κ1) is 17.4. The fourth-order valence-corrected chi connectivity index (χ4v) is 2.74. The van der Waals surface area contributed by atoms with Crippen molar-refractivity contribution >= 4 is 0 Å². The molecule has 3 heterocycles. The molecular formula is C17H26N8.